The van der Waals surface area contributed by atoms with Crippen molar-refractivity contribution >= 4 is 17.7 Å². The first-order valence-electron chi connectivity index (χ1n) is 6.32. The standard InChI is InChI=1S/C12H23NO3S/c1-11(4-7-14)17-10-2-3-12(15)13-5-8-16-9-6-13/h11,14H,2-10H2,1H3. The molecule has 1 fully saturated rings. The number of carbonyl (C=O) groups excluding carboxylic acids is 1. The third-order valence-corrected chi connectivity index (χ3v) is 4.17. The van der Waals surface area contributed by atoms with E-state index >= 15 is 0 Å². The fourth-order valence-electron chi connectivity index (χ4n) is 1.74. The van der Waals surface area contributed by atoms with E-state index < -0.39 is 0 Å². The van der Waals surface area contributed by atoms with Gasteiger partial charge in [0.15, 0.2) is 0 Å². The normalized spacial score (nSPS) is 18.1. The Morgan fingerprint density at radius 2 is 2.18 bits per heavy atom. The molecule has 1 unspecified atom stereocenters. The SMILES string of the molecule is CC(CCO)SCCCC(=O)N1CCOCC1. The smallest absolute Gasteiger partial charge is 0.222 e. The Morgan fingerprint density at radius 3 is 2.82 bits per heavy atom. The number of carbonyl (C=O) groups is 1. The minimum atomic E-state index is 0.251. The highest BCUT2D eigenvalue weighted by molar-refractivity contribution is 7.99. The Labute approximate surface area is 108 Å². The predicted octanol–water partition coefficient (Wildman–Crippen LogP) is 1.13. The quantitative estimate of drug-likeness (QED) is 0.698. The number of aliphatic hydroxyl groups excluding tert-OH is 1. The fraction of sp³-hybridized carbons (Fsp3) is 0.917. The summed E-state index contributed by atoms with van der Waals surface area (Å²) in [4.78, 5) is 13.7. The van der Waals surface area contributed by atoms with Crippen molar-refractivity contribution in [3.05, 3.63) is 0 Å². The molecule has 0 saturated carbocycles. The van der Waals surface area contributed by atoms with Crippen molar-refractivity contribution in [2.45, 2.75) is 31.4 Å². The second-order valence-electron chi connectivity index (χ2n) is 4.29. The van der Waals surface area contributed by atoms with Gasteiger partial charge in [0.25, 0.3) is 0 Å². The first-order valence-corrected chi connectivity index (χ1v) is 7.37. The Morgan fingerprint density at radius 1 is 1.47 bits per heavy atom. The van der Waals surface area contributed by atoms with Gasteiger partial charge < -0.3 is 14.7 Å². The van der Waals surface area contributed by atoms with Gasteiger partial charge in [0, 0.05) is 31.4 Å². The van der Waals surface area contributed by atoms with Crippen LogP contribution in [0.25, 0.3) is 0 Å². The summed E-state index contributed by atoms with van der Waals surface area (Å²) in [6, 6.07) is 0. The van der Waals surface area contributed by atoms with Gasteiger partial charge in [-0.2, -0.15) is 11.8 Å². The summed E-state index contributed by atoms with van der Waals surface area (Å²) in [6.45, 7) is 5.20. The summed E-state index contributed by atoms with van der Waals surface area (Å²) < 4.78 is 5.21. The molecule has 0 radical (unpaired) electrons. The number of rotatable bonds is 7. The number of ether oxygens (including phenoxy) is 1. The molecule has 1 aliphatic rings. The molecule has 0 spiro atoms. The average molecular weight is 261 g/mol. The van der Waals surface area contributed by atoms with E-state index in [2.05, 4.69) is 6.92 Å². The predicted molar refractivity (Wildman–Crippen MR) is 70.3 cm³/mol. The van der Waals surface area contributed by atoms with Gasteiger partial charge in [-0.15, -0.1) is 0 Å². The van der Waals surface area contributed by atoms with Gasteiger partial charge in [0.05, 0.1) is 13.2 Å². The molecule has 17 heavy (non-hydrogen) atoms. The highest BCUT2D eigenvalue weighted by atomic mass is 32.2. The third-order valence-electron chi connectivity index (χ3n) is 2.84. The van der Waals surface area contributed by atoms with Gasteiger partial charge >= 0.3 is 0 Å². The molecule has 0 aromatic rings. The lowest BCUT2D eigenvalue weighted by atomic mass is 10.3. The number of morpholine rings is 1. The molecule has 0 bridgehead atoms. The van der Waals surface area contributed by atoms with Crippen molar-refractivity contribution in [3.63, 3.8) is 0 Å². The van der Waals surface area contributed by atoms with Crippen LogP contribution >= 0.6 is 11.8 Å². The van der Waals surface area contributed by atoms with E-state index in [0.717, 1.165) is 31.7 Å². The molecule has 1 amide bonds. The van der Waals surface area contributed by atoms with Gasteiger partial charge in [0.2, 0.25) is 5.91 Å². The Balaban J connectivity index is 2.03. The Bertz CT molecular complexity index is 220. The molecule has 1 aliphatic heterocycles. The maximum absolute atomic E-state index is 11.8. The molecule has 1 saturated heterocycles. The van der Waals surface area contributed by atoms with E-state index in [1.165, 1.54) is 0 Å². The van der Waals surface area contributed by atoms with Crippen LogP contribution in [0, 0.1) is 0 Å². The van der Waals surface area contributed by atoms with Crippen LogP contribution in [0.1, 0.15) is 26.2 Å². The Hall–Kier alpha value is -0.260. The van der Waals surface area contributed by atoms with Crippen molar-refractivity contribution < 1.29 is 14.6 Å². The fourth-order valence-corrected chi connectivity index (χ4v) is 2.73. The largest absolute Gasteiger partial charge is 0.396 e. The lowest BCUT2D eigenvalue weighted by Gasteiger charge is -2.26. The van der Waals surface area contributed by atoms with E-state index in [4.69, 9.17) is 9.84 Å². The molecule has 0 aliphatic carbocycles. The van der Waals surface area contributed by atoms with Crippen LogP contribution in [0.4, 0.5) is 0 Å². The topological polar surface area (TPSA) is 49.8 Å². The zero-order chi connectivity index (χ0) is 12.5. The van der Waals surface area contributed by atoms with Crippen LogP contribution in [0.3, 0.4) is 0 Å². The minimum absolute atomic E-state index is 0.251. The number of nitrogens with zero attached hydrogens (tertiary/aromatic N) is 1. The summed E-state index contributed by atoms with van der Waals surface area (Å²) in [5, 5.41) is 9.25. The third kappa shape index (κ3) is 6.29. The molecule has 4 nitrogen and oxygen atoms in total. The molecular formula is C12H23NO3S. The molecular weight excluding hydrogens is 238 g/mol. The summed E-state index contributed by atoms with van der Waals surface area (Å²) in [5.74, 6) is 1.25. The summed E-state index contributed by atoms with van der Waals surface area (Å²) >= 11 is 1.83. The van der Waals surface area contributed by atoms with Gasteiger partial charge in [0.1, 0.15) is 0 Å². The lowest BCUT2D eigenvalue weighted by molar-refractivity contribution is -0.135. The molecule has 1 atom stereocenters. The highest BCUT2D eigenvalue weighted by Crippen LogP contribution is 2.15. The molecule has 0 aromatic carbocycles. The maximum Gasteiger partial charge on any atom is 0.222 e. The van der Waals surface area contributed by atoms with Crippen LogP contribution in [-0.4, -0.2) is 59.8 Å². The second kappa shape index (κ2) is 8.78. The van der Waals surface area contributed by atoms with E-state index in [1.54, 1.807) is 0 Å². The van der Waals surface area contributed by atoms with Crippen molar-refractivity contribution in [2.75, 3.05) is 38.7 Å². The molecule has 1 N–H and O–H groups in total. The maximum atomic E-state index is 11.8. The second-order valence-corrected chi connectivity index (χ2v) is 5.84. The summed E-state index contributed by atoms with van der Waals surface area (Å²) in [6.07, 6.45) is 2.40. The van der Waals surface area contributed by atoms with Gasteiger partial charge in [-0.05, 0) is 18.6 Å². The lowest BCUT2D eigenvalue weighted by Crippen LogP contribution is -2.40. The first kappa shape index (κ1) is 14.8. The summed E-state index contributed by atoms with van der Waals surface area (Å²) in [5.41, 5.74) is 0. The van der Waals surface area contributed by atoms with Crippen molar-refractivity contribution in [1.29, 1.82) is 0 Å². The van der Waals surface area contributed by atoms with Gasteiger partial charge in [-0.3, -0.25) is 4.79 Å². The molecule has 1 rings (SSSR count). The number of hydrogen-bond acceptors (Lipinski definition) is 4. The number of aliphatic hydroxyl groups is 1. The van der Waals surface area contributed by atoms with Crippen LogP contribution in [0.5, 0.6) is 0 Å². The van der Waals surface area contributed by atoms with E-state index in [-0.39, 0.29) is 12.5 Å². The van der Waals surface area contributed by atoms with E-state index in [0.29, 0.717) is 24.9 Å². The van der Waals surface area contributed by atoms with Crippen molar-refractivity contribution in [1.82, 2.24) is 4.90 Å². The average Bonchev–Trinajstić information content (AvgIpc) is 2.36. The number of amides is 1. The highest BCUT2D eigenvalue weighted by Gasteiger charge is 2.16. The Kier molecular flexibility index (Phi) is 7.64. The minimum Gasteiger partial charge on any atom is -0.396 e. The van der Waals surface area contributed by atoms with Crippen molar-refractivity contribution in [3.8, 4) is 0 Å². The molecule has 100 valence electrons. The molecule has 0 aromatic heterocycles. The molecule has 1 heterocycles. The van der Waals surface area contributed by atoms with E-state index in [9.17, 15) is 4.79 Å². The number of thioether (sulfide) groups is 1. The summed E-state index contributed by atoms with van der Waals surface area (Å²) in [7, 11) is 0. The number of hydrogen-bond donors (Lipinski definition) is 1. The zero-order valence-electron chi connectivity index (χ0n) is 10.6. The monoisotopic (exact) mass is 261 g/mol. The first-order chi connectivity index (χ1) is 8.24. The zero-order valence-corrected chi connectivity index (χ0v) is 11.4. The van der Waals surface area contributed by atoms with Crippen LogP contribution < -0.4 is 0 Å². The van der Waals surface area contributed by atoms with Gasteiger partial charge in [-0.25, -0.2) is 0 Å². The molecule has 5 heteroatoms. The van der Waals surface area contributed by atoms with E-state index in [1.807, 2.05) is 16.7 Å². The van der Waals surface area contributed by atoms with Crippen LogP contribution in [-0.2, 0) is 9.53 Å². The van der Waals surface area contributed by atoms with Crippen LogP contribution in [0.15, 0.2) is 0 Å². The van der Waals surface area contributed by atoms with Crippen LogP contribution in [0.2, 0.25) is 0 Å². The van der Waals surface area contributed by atoms with Crippen molar-refractivity contribution in [2.24, 2.45) is 0 Å². The van der Waals surface area contributed by atoms with Gasteiger partial charge in [-0.1, -0.05) is 6.92 Å².